The largest absolute Gasteiger partial charge is 0.341 e. The topological polar surface area (TPSA) is 55.0 Å². The van der Waals surface area contributed by atoms with Gasteiger partial charge in [0.15, 0.2) is 0 Å². The highest BCUT2D eigenvalue weighted by atomic mass is 15.2. The third kappa shape index (κ3) is 2.94. The average Bonchev–Trinajstić information content (AvgIpc) is 2.39. The van der Waals surface area contributed by atoms with Crippen molar-refractivity contribution < 1.29 is 0 Å². The van der Waals surface area contributed by atoms with Crippen molar-refractivity contribution in [3.8, 4) is 0 Å². The van der Waals surface area contributed by atoms with Crippen molar-refractivity contribution in [2.24, 2.45) is 17.6 Å². The predicted molar refractivity (Wildman–Crippen MR) is 69.7 cm³/mol. The first kappa shape index (κ1) is 12.3. The molecule has 17 heavy (non-hydrogen) atoms. The standard InChI is InChI=1S/C13H22N4/c1-10(2)11-4-7-17(8-5-11)13-15-6-3-12(9-14)16-13/h3,6,10-11H,4-5,7-9,14H2,1-2H3. The van der Waals surface area contributed by atoms with Crippen LogP contribution in [0.5, 0.6) is 0 Å². The Morgan fingerprint density at radius 3 is 2.71 bits per heavy atom. The molecule has 1 aliphatic heterocycles. The van der Waals surface area contributed by atoms with Crippen LogP contribution in [-0.4, -0.2) is 23.1 Å². The monoisotopic (exact) mass is 234 g/mol. The van der Waals surface area contributed by atoms with Crippen molar-refractivity contribution in [1.29, 1.82) is 0 Å². The molecule has 0 atom stereocenters. The third-order valence-corrected chi connectivity index (χ3v) is 3.67. The van der Waals surface area contributed by atoms with Crippen molar-refractivity contribution in [3.63, 3.8) is 0 Å². The van der Waals surface area contributed by atoms with Crippen molar-refractivity contribution in [2.45, 2.75) is 33.2 Å². The number of piperidine rings is 1. The predicted octanol–water partition coefficient (Wildman–Crippen LogP) is 1.81. The Balaban J connectivity index is 2.00. The third-order valence-electron chi connectivity index (χ3n) is 3.67. The maximum Gasteiger partial charge on any atom is 0.225 e. The molecule has 0 saturated carbocycles. The molecular weight excluding hydrogens is 212 g/mol. The molecule has 4 heteroatoms. The van der Waals surface area contributed by atoms with Gasteiger partial charge in [-0.05, 0) is 30.7 Å². The van der Waals surface area contributed by atoms with Gasteiger partial charge in [0.05, 0.1) is 5.69 Å². The molecule has 94 valence electrons. The first-order valence-electron chi connectivity index (χ1n) is 6.47. The van der Waals surface area contributed by atoms with Gasteiger partial charge in [-0.15, -0.1) is 0 Å². The summed E-state index contributed by atoms with van der Waals surface area (Å²) in [6.45, 7) is 7.24. The second kappa shape index (κ2) is 5.45. The molecule has 0 spiro atoms. The quantitative estimate of drug-likeness (QED) is 0.866. The molecule has 4 nitrogen and oxygen atoms in total. The van der Waals surface area contributed by atoms with Gasteiger partial charge in [-0.1, -0.05) is 13.8 Å². The molecule has 1 aromatic heterocycles. The highest BCUT2D eigenvalue weighted by Crippen LogP contribution is 2.26. The van der Waals surface area contributed by atoms with Crippen LogP contribution in [-0.2, 0) is 6.54 Å². The summed E-state index contributed by atoms with van der Waals surface area (Å²) in [4.78, 5) is 11.1. The fourth-order valence-corrected chi connectivity index (χ4v) is 2.42. The second-order valence-electron chi connectivity index (χ2n) is 5.12. The van der Waals surface area contributed by atoms with E-state index in [1.807, 2.05) is 6.07 Å². The highest BCUT2D eigenvalue weighted by molar-refractivity contribution is 5.30. The molecule has 0 radical (unpaired) electrons. The van der Waals surface area contributed by atoms with Crippen LogP contribution in [0.1, 0.15) is 32.4 Å². The number of rotatable bonds is 3. The van der Waals surface area contributed by atoms with E-state index in [1.165, 1.54) is 12.8 Å². The molecule has 0 aliphatic carbocycles. The summed E-state index contributed by atoms with van der Waals surface area (Å²) in [5, 5.41) is 0. The van der Waals surface area contributed by atoms with Gasteiger partial charge in [-0.25, -0.2) is 9.97 Å². The molecule has 0 amide bonds. The number of aromatic nitrogens is 2. The van der Waals surface area contributed by atoms with Gasteiger partial charge in [0.1, 0.15) is 0 Å². The first-order valence-corrected chi connectivity index (χ1v) is 6.47. The van der Waals surface area contributed by atoms with Crippen molar-refractivity contribution >= 4 is 5.95 Å². The number of nitrogens with zero attached hydrogens (tertiary/aromatic N) is 3. The van der Waals surface area contributed by atoms with E-state index < -0.39 is 0 Å². The van der Waals surface area contributed by atoms with Crippen LogP contribution in [0.25, 0.3) is 0 Å². The molecule has 2 heterocycles. The number of nitrogens with two attached hydrogens (primary N) is 1. The van der Waals surface area contributed by atoms with E-state index in [-0.39, 0.29) is 0 Å². The molecule has 1 fully saturated rings. The summed E-state index contributed by atoms with van der Waals surface area (Å²) in [5.74, 6) is 2.48. The zero-order chi connectivity index (χ0) is 12.3. The summed E-state index contributed by atoms with van der Waals surface area (Å²) < 4.78 is 0. The van der Waals surface area contributed by atoms with E-state index in [2.05, 4.69) is 28.7 Å². The minimum atomic E-state index is 0.484. The molecule has 0 bridgehead atoms. The van der Waals surface area contributed by atoms with E-state index in [9.17, 15) is 0 Å². The van der Waals surface area contributed by atoms with Crippen molar-refractivity contribution in [2.75, 3.05) is 18.0 Å². The Hall–Kier alpha value is -1.16. The Morgan fingerprint density at radius 2 is 2.12 bits per heavy atom. The van der Waals surface area contributed by atoms with Crippen LogP contribution in [0.3, 0.4) is 0 Å². The van der Waals surface area contributed by atoms with Gasteiger partial charge in [-0.3, -0.25) is 0 Å². The highest BCUT2D eigenvalue weighted by Gasteiger charge is 2.22. The minimum absolute atomic E-state index is 0.484. The fourth-order valence-electron chi connectivity index (χ4n) is 2.42. The van der Waals surface area contributed by atoms with Crippen LogP contribution in [0.2, 0.25) is 0 Å². The van der Waals surface area contributed by atoms with Gasteiger partial charge in [0.2, 0.25) is 5.95 Å². The molecule has 1 aliphatic rings. The zero-order valence-corrected chi connectivity index (χ0v) is 10.8. The fraction of sp³-hybridized carbons (Fsp3) is 0.692. The zero-order valence-electron chi connectivity index (χ0n) is 10.8. The molecule has 1 saturated heterocycles. The summed E-state index contributed by atoms with van der Waals surface area (Å²) in [5.41, 5.74) is 6.52. The minimum Gasteiger partial charge on any atom is -0.341 e. The Kier molecular flexibility index (Phi) is 3.94. The van der Waals surface area contributed by atoms with Crippen LogP contribution < -0.4 is 10.6 Å². The van der Waals surface area contributed by atoms with Crippen molar-refractivity contribution in [3.05, 3.63) is 18.0 Å². The second-order valence-corrected chi connectivity index (χ2v) is 5.12. The number of anilines is 1. The number of hydrogen-bond acceptors (Lipinski definition) is 4. The maximum absolute atomic E-state index is 5.60. The van der Waals surface area contributed by atoms with Gasteiger partial charge in [0.25, 0.3) is 0 Å². The summed E-state index contributed by atoms with van der Waals surface area (Å²) in [7, 11) is 0. The Bertz CT molecular complexity index is 356. The van der Waals surface area contributed by atoms with Gasteiger partial charge < -0.3 is 10.6 Å². The summed E-state index contributed by atoms with van der Waals surface area (Å²) >= 11 is 0. The molecule has 1 aromatic rings. The Morgan fingerprint density at radius 1 is 1.41 bits per heavy atom. The Labute approximate surface area is 103 Å². The lowest BCUT2D eigenvalue weighted by molar-refractivity contribution is 0.310. The summed E-state index contributed by atoms with van der Waals surface area (Å²) in [6.07, 6.45) is 4.29. The molecular formula is C13H22N4. The molecule has 2 rings (SSSR count). The van der Waals surface area contributed by atoms with E-state index in [0.717, 1.165) is 36.6 Å². The van der Waals surface area contributed by atoms with Gasteiger partial charge >= 0.3 is 0 Å². The van der Waals surface area contributed by atoms with Crippen LogP contribution >= 0.6 is 0 Å². The maximum atomic E-state index is 5.60. The lowest BCUT2D eigenvalue weighted by Gasteiger charge is -2.33. The van der Waals surface area contributed by atoms with E-state index >= 15 is 0 Å². The van der Waals surface area contributed by atoms with Gasteiger partial charge in [0, 0.05) is 25.8 Å². The van der Waals surface area contributed by atoms with E-state index in [1.54, 1.807) is 6.20 Å². The van der Waals surface area contributed by atoms with E-state index in [4.69, 9.17) is 5.73 Å². The van der Waals surface area contributed by atoms with Crippen LogP contribution in [0.15, 0.2) is 12.3 Å². The first-order chi connectivity index (χ1) is 8.20. The van der Waals surface area contributed by atoms with Crippen LogP contribution in [0.4, 0.5) is 5.95 Å². The van der Waals surface area contributed by atoms with Crippen LogP contribution in [0, 0.1) is 11.8 Å². The number of hydrogen-bond donors (Lipinski definition) is 1. The van der Waals surface area contributed by atoms with Crippen molar-refractivity contribution in [1.82, 2.24) is 9.97 Å². The summed E-state index contributed by atoms with van der Waals surface area (Å²) in [6, 6.07) is 1.88. The van der Waals surface area contributed by atoms with E-state index in [0.29, 0.717) is 6.54 Å². The lowest BCUT2D eigenvalue weighted by atomic mass is 9.87. The lowest BCUT2D eigenvalue weighted by Crippen LogP contribution is -2.36. The average molecular weight is 234 g/mol. The SMILES string of the molecule is CC(C)C1CCN(c2nccc(CN)n2)CC1. The van der Waals surface area contributed by atoms with Gasteiger partial charge in [-0.2, -0.15) is 0 Å². The smallest absolute Gasteiger partial charge is 0.225 e. The molecule has 0 unspecified atom stereocenters. The normalized spacial score (nSPS) is 17.8. The molecule has 0 aromatic carbocycles. The molecule has 2 N–H and O–H groups in total.